The Morgan fingerprint density at radius 1 is 1.03 bits per heavy atom. The molecule has 5 rings (SSSR count). The number of piperazine rings is 2. The second-order valence-corrected chi connectivity index (χ2v) is 9.58. The van der Waals surface area contributed by atoms with E-state index in [4.69, 9.17) is 4.74 Å². The normalized spacial score (nSPS) is 21.2. The smallest absolute Gasteiger partial charge is 0.409 e. The average molecular weight is 512 g/mol. The SMILES string of the molecule is CCOC(=O)N1CCN(C(=O)[C@@H]2Cc3cc([N+](=O)[O-])ccc3N3CCN(c4ccc(F)cc4)C[C@H]23)CC1. The monoisotopic (exact) mass is 511 g/mol. The maximum Gasteiger partial charge on any atom is 0.409 e. The van der Waals surface area contributed by atoms with Gasteiger partial charge in [-0.1, -0.05) is 0 Å². The molecule has 0 bridgehead atoms. The van der Waals surface area contributed by atoms with Gasteiger partial charge in [-0.3, -0.25) is 14.9 Å². The van der Waals surface area contributed by atoms with Crippen LogP contribution in [0.4, 0.5) is 26.2 Å². The second-order valence-electron chi connectivity index (χ2n) is 9.58. The van der Waals surface area contributed by atoms with E-state index in [9.17, 15) is 24.1 Å². The average Bonchev–Trinajstić information content (AvgIpc) is 2.92. The van der Waals surface area contributed by atoms with Crippen LogP contribution in [0, 0.1) is 21.8 Å². The lowest BCUT2D eigenvalue weighted by Gasteiger charge is -2.50. The molecular formula is C26H30FN5O5. The van der Waals surface area contributed by atoms with Crippen LogP contribution in [0.3, 0.4) is 0 Å². The van der Waals surface area contributed by atoms with Crippen LogP contribution in [0.25, 0.3) is 0 Å². The Balaban J connectivity index is 1.40. The number of anilines is 2. The summed E-state index contributed by atoms with van der Waals surface area (Å²) < 4.78 is 18.6. The predicted molar refractivity (Wildman–Crippen MR) is 135 cm³/mol. The first-order valence-corrected chi connectivity index (χ1v) is 12.6. The van der Waals surface area contributed by atoms with E-state index >= 15 is 0 Å². The Morgan fingerprint density at radius 3 is 2.41 bits per heavy atom. The first-order valence-electron chi connectivity index (χ1n) is 12.6. The van der Waals surface area contributed by atoms with E-state index in [2.05, 4.69) is 9.80 Å². The highest BCUT2D eigenvalue weighted by Crippen LogP contribution is 2.39. The highest BCUT2D eigenvalue weighted by Gasteiger charge is 2.44. The van der Waals surface area contributed by atoms with Gasteiger partial charge in [-0.25, -0.2) is 9.18 Å². The fourth-order valence-electron chi connectivity index (χ4n) is 5.65. The van der Waals surface area contributed by atoms with E-state index in [0.717, 1.165) is 16.9 Å². The third-order valence-corrected chi connectivity index (χ3v) is 7.53. The number of amides is 2. The molecule has 37 heavy (non-hydrogen) atoms. The van der Waals surface area contributed by atoms with E-state index in [1.165, 1.54) is 18.2 Å². The third-order valence-electron chi connectivity index (χ3n) is 7.53. The highest BCUT2D eigenvalue weighted by atomic mass is 19.1. The van der Waals surface area contributed by atoms with Gasteiger partial charge >= 0.3 is 6.09 Å². The molecule has 196 valence electrons. The molecule has 2 saturated heterocycles. The van der Waals surface area contributed by atoms with Crippen LogP contribution < -0.4 is 9.80 Å². The maximum absolute atomic E-state index is 13.9. The van der Waals surface area contributed by atoms with Crippen molar-refractivity contribution in [3.05, 3.63) is 64.0 Å². The molecule has 2 amide bonds. The molecule has 3 heterocycles. The number of nitro benzene ring substituents is 1. The summed E-state index contributed by atoms with van der Waals surface area (Å²) in [6, 6.07) is 11.1. The lowest BCUT2D eigenvalue weighted by Crippen LogP contribution is -2.62. The quantitative estimate of drug-likeness (QED) is 0.460. The number of carbonyl (C=O) groups is 2. The molecule has 10 nitrogen and oxygen atoms in total. The number of halogens is 1. The van der Waals surface area contributed by atoms with Crippen LogP contribution in [-0.2, 0) is 16.0 Å². The number of ether oxygens (including phenoxy) is 1. The molecule has 2 aromatic rings. The van der Waals surface area contributed by atoms with Crippen molar-refractivity contribution in [2.24, 2.45) is 5.92 Å². The number of nitrogens with zero attached hydrogens (tertiary/aromatic N) is 5. The standard InChI is InChI=1S/C26H30FN5O5/c1-2-37-26(34)29-11-9-28(10-12-29)25(33)22-16-18-15-21(32(35)36)7-8-23(18)31-14-13-30(17-24(22)31)20-5-3-19(27)4-6-20/h3-8,15,22,24H,2,9-14,16-17H2,1H3/t22-,24-/m1/s1. The van der Waals surface area contributed by atoms with E-state index in [-0.39, 0.29) is 29.5 Å². The minimum absolute atomic E-state index is 0.0106. The minimum Gasteiger partial charge on any atom is -0.450 e. The van der Waals surface area contributed by atoms with Crippen molar-refractivity contribution >= 4 is 29.1 Å². The number of benzene rings is 2. The number of hydrogen-bond donors (Lipinski definition) is 0. The lowest BCUT2D eigenvalue weighted by atomic mass is 9.82. The molecule has 0 aromatic heterocycles. The summed E-state index contributed by atoms with van der Waals surface area (Å²) in [5.41, 5.74) is 2.62. The fraction of sp³-hybridized carbons (Fsp3) is 0.462. The summed E-state index contributed by atoms with van der Waals surface area (Å²) in [6.07, 6.45) is 0.0220. The summed E-state index contributed by atoms with van der Waals surface area (Å²) in [5.74, 6) is -0.728. The molecule has 2 fully saturated rings. The van der Waals surface area contributed by atoms with E-state index in [0.29, 0.717) is 58.8 Å². The van der Waals surface area contributed by atoms with Gasteiger partial charge in [0.15, 0.2) is 0 Å². The summed E-state index contributed by atoms with van der Waals surface area (Å²) in [4.78, 5) is 44.7. The van der Waals surface area contributed by atoms with Gasteiger partial charge in [0.25, 0.3) is 5.69 Å². The summed E-state index contributed by atoms with van der Waals surface area (Å²) in [5, 5.41) is 11.4. The zero-order valence-corrected chi connectivity index (χ0v) is 20.7. The molecular weight excluding hydrogens is 481 g/mol. The number of fused-ring (bicyclic) bond motifs is 3. The van der Waals surface area contributed by atoms with Crippen LogP contribution in [0.5, 0.6) is 0 Å². The maximum atomic E-state index is 13.9. The van der Waals surface area contributed by atoms with Gasteiger partial charge in [-0.2, -0.15) is 0 Å². The summed E-state index contributed by atoms with van der Waals surface area (Å²) in [7, 11) is 0. The topological polar surface area (TPSA) is 99.5 Å². The number of hydrogen-bond acceptors (Lipinski definition) is 7. The Hall–Kier alpha value is -3.89. The van der Waals surface area contributed by atoms with Crippen molar-refractivity contribution in [1.82, 2.24) is 9.80 Å². The fourth-order valence-corrected chi connectivity index (χ4v) is 5.65. The van der Waals surface area contributed by atoms with Crippen molar-refractivity contribution in [2.75, 3.05) is 62.2 Å². The Kier molecular flexibility index (Phi) is 6.86. The van der Waals surface area contributed by atoms with Gasteiger partial charge in [0.2, 0.25) is 5.91 Å². The number of nitro groups is 1. The van der Waals surface area contributed by atoms with Crippen LogP contribution >= 0.6 is 0 Å². The first-order chi connectivity index (χ1) is 17.9. The zero-order valence-electron chi connectivity index (χ0n) is 20.7. The van der Waals surface area contributed by atoms with Crippen molar-refractivity contribution in [3.63, 3.8) is 0 Å². The number of non-ortho nitro benzene ring substituents is 1. The van der Waals surface area contributed by atoms with Crippen molar-refractivity contribution in [1.29, 1.82) is 0 Å². The third kappa shape index (κ3) is 4.90. The molecule has 0 N–H and O–H groups in total. The highest BCUT2D eigenvalue weighted by molar-refractivity contribution is 5.83. The van der Waals surface area contributed by atoms with Crippen molar-refractivity contribution in [3.8, 4) is 0 Å². The molecule has 0 spiro atoms. The molecule has 11 heteroatoms. The molecule has 3 aliphatic rings. The van der Waals surface area contributed by atoms with Crippen LogP contribution in [0.1, 0.15) is 12.5 Å². The Labute approximate surface area is 214 Å². The molecule has 0 unspecified atom stereocenters. The van der Waals surface area contributed by atoms with Crippen LogP contribution in [0.15, 0.2) is 42.5 Å². The first kappa shape index (κ1) is 24.8. The van der Waals surface area contributed by atoms with Gasteiger partial charge in [-0.05, 0) is 49.2 Å². The van der Waals surface area contributed by atoms with Crippen LogP contribution in [-0.4, -0.2) is 85.2 Å². The number of carbonyl (C=O) groups excluding carboxylic acids is 2. The van der Waals surface area contributed by atoms with E-state index in [1.807, 2.05) is 0 Å². The van der Waals surface area contributed by atoms with E-state index in [1.54, 1.807) is 41.0 Å². The summed E-state index contributed by atoms with van der Waals surface area (Å²) in [6.45, 7) is 5.55. The lowest BCUT2D eigenvalue weighted by molar-refractivity contribution is -0.384. The zero-order chi connectivity index (χ0) is 26.1. The minimum atomic E-state index is -0.412. The van der Waals surface area contributed by atoms with Crippen LogP contribution in [0.2, 0.25) is 0 Å². The molecule has 0 aliphatic carbocycles. The predicted octanol–water partition coefficient (Wildman–Crippen LogP) is 2.90. The summed E-state index contributed by atoms with van der Waals surface area (Å²) >= 11 is 0. The molecule has 0 radical (unpaired) electrons. The molecule has 2 atom stereocenters. The second kappa shape index (κ2) is 10.2. The molecule has 3 aliphatic heterocycles. The Morgan fingerprint density at radius 2 is 1.73 bits per heavy atom. The van der Waals surface area contributed by atoms with Gasteiger partial charge < -0.3 is 24.3 Å². The van der Waals surface area contributed by atoms with Crippen molar-refractivity contribution < 1.29 is 23.6 Å². The van der Waals surface area contributed by atoms with Gasteiger partial charge in [0.05, 0.1) is 23.5 Å². The molecule has 0 saturated carbocycles. The van der Waals surface area contributed by atoms with Crippen molar-refractivity contribution in [2.45, 2.75) is 19.4 Å². The van der Waals surface area contributed by atoms with Gasteiger partial charge in [-0.15, -0.1) is 0 Å². The van der Waals surface area contributed by atoms with E-state index < -0.39 is 10.8 Å². The largest absolute Gasteiger partial charge is 0.450 e. The Bertz CT molecular complexity index is 1180. The van der Waals surface area contributed by atoms with Gasteiger partial charge in [0, 0.05) is 69.3 Å². The van der Waals surface area contributed by atoms with Gasteiger partial charge in [0.1, 0.15) is 5.82 Å². The molecule has 2 aromatic carbocycles. The number of rotatable bonds is 4.